The number of phenolic OH excluding ortho intramolecular Hbond substituents is 1. The maximum absolute atomic E-state index is 11.5. The van der Waals surface area contributed by atoms with Gasteiger partial charge in [0.1, 0.15) is 5.75 Å². The molecule has 0 heterocycles. The standard InChI is InChI=1S/C12H16N2O4/c1-18-8-4-7-13-11(16)12(17)14-9-5-2-3-6-10(9)15/h2-3,5-6,15H,4,7-8H2,1H3,(H,13,16)(H,14,17). The lowest BCUT2D eigenvalue weighted by molar-refractivity contribution is -0.136. The molecule has 2 amide bonds. The van der Waals surface area contributed by atoms with Crippen molar-refractivity contribution < 1.29 is 19.4 Å². The third-order valence-corrected chi connectivity index (χ3v) is 2.17. The molecular weight excluding hydrogens is 236 g/mol. The van der Waals surface area contributed by atoms with Gasteiger partial charge in [-0.25, -0.2) is 0 Å². The largest absolute Gasteiger partial charge is 0.506 e. The number of benzene rings is 1. The summed E-state index contributed by atoms with van der Waals surface area (Å²) in [5.74, 6) is -1.64. The summed E-state index contributed by atoms with van der Waals surface area (Å²) in [6.45, 7) is 0.877. The van der Waals surface area contributed by atoms with Gasteiger partial charge < -0.3 is 20.5 Å². The van der Waals surface area contributed by atoms with Crippen LogP contribution in [-0.4, -0.2) is 37.2 Å². The fraction of sp³-hybridized carbons (Fsp3) is 0.333. The molecule has 1 aromatic carbocycles. The van der Waals surface area contributed by atoms with Gasteiger partial charge in [-0.2, -0.15) is 0 Å². The lowest BCUT2D eigenvalue weighted by atomic mass is 10.3. The zero-order chi connectivity index (χ0) is 13.4. The number of anilines is 1. The number of phenols is 1. The second-order valence-corrected chi connectivity index (χ2v) is 3.57. The highest BCUT2D eigenvalue weighted by Crippen LogP contribution is 2.21. The Labute approximate surface area is 105 Å². The minimum atomic E-state index is -0.811. The molecular formula is C12H16N2O4. The Morgan fingerprint density at radius 3 is 2.67 bits per heavy atom. The molecule has 0 unspecified atom stereocenters. The van der Waals surface area contributed by atoms with E-state index < -0.39 is 11.8 Å². The molecule has 3 N–H and O–H groups in total. The van der Waals surface area contributed by atoms with Crippen molar-refractivity contribution in [3.63, 3.8) is 0 Å². The Hall–Kier alpha value is -2.08. The van der Waals surface area contributed by atoms with Gasteiger partial charge in [-0.3, -0.25) is 9.59 Å². The summed E-state index contributed by atoms with van der Waals surface area (Å²) >= 11 is 0. The summed E-state index contributed by atoms with van der Waals surface area (Å²) in [4.78, 5) is 22.8. The van der Waals surface area contributed by atoms with Crippen LogP contribution < -0.4 is 10.6 Å². The quantitative estimate of drug-likeness (QED) is 0.404. The Balaban J connectivity index is 2.41. The van der Waals surface area contributed by atoms with E-state index in [1.807, 2.05) is 0 Å². The van der Waals surface area contributed by atoms with Gasteiger partial charge in [0.2, 0.25) is 0 Å². The molecule has 0 saturated carbocycles. The minimum Gasteiger partial charge on any atom is -0.506 e. The van der Waals surface area contributed by atoms with Gasteiger partial charge >= 0.3 is 11.8 Å². The van der Waals surface area contributed by atoms with E-state index >= 15 is 0 Å². The van der Waals surface area contributed by atoms with Crippen LogP contribution >= 0.6 is 0 Å². The summed E-state index contributed by atoms with van der Waals surface area (Å²) in [6.07, 6.45) is 0.631. The van der Waals surface area contributed by atoms with Crippen LogP contribution in [-0.2, 0) is 14.3 Å². The Morgan fingerprint density at radius 2 is 2.00 bits per heavy atom. The summed E-state index contributed by atoms with van der Waals surface area (Å²) in [7, 11) is 1.56. The molecule has 0 fully saturated rings. The number of carbonyl (C=O) groups is 2. The fourth-order valence-corrected chi connectivity index (χ4v) is 1.26. The number of hydrogen-bond acceptors (Lipinski definition) is 4. The SMILES string of the molecule is COCCCNC(=O)C(=O)Nc1ccccc1O. The number of para-hydroxylation sites is 2. The first-order valence-corrected chi connectivity index (χ1v) is 5.51. The van der Waals surface area contributed by atoms with E-state index in [1.54, 1.807) is 19.2 Å². The van der Waals surface area contributed by atoms with E-state index in [2.05, 4.69) is 10.6 Å². The predicted octanol–water partition coefficient (Wildman–Crippen LogP) is 0.483. The van der Waals surface area contributed by atoms with Gasteiger partial charge in [0.25, 0.3) is 0 Å². The van der Waals surface area contributed by atoms with Crippen molar-refractivity contribution in [2.75, 3.05) is 25.6 Å². The van der Waals surface area contributed by atoms with Crippen molar-refractivity contribution in [3.05, 3.63) is 24.3 Å². The normalized spacial score (nSPS) is 9.83. The van der Waals surface area contributed by atoms with Gasteiger partial charge in [0.15, 0.2) is 0 Å². The van der Waals surface area contributed by atoms with Gasteiger partial charge in [0.05, 0.1) is 5.69 Å². The molecule has 0 spiro atoms. The first kappa shape index (κ1) is 14.0. The molecule has 6 nitrogen and oxygen atoms in total. The van der Waals surface area contributed by atoms with Crippen LogP contribution in [0.1, 0.15) is 6.42 Å². The topological polar surface area (TPSA) is 87.7 Å². The van der Waals surface area contributed by atoms with Crippen LogP contribution in [0.15, 0.2) is 24.3 Å². The van der Waals surface area contributed by atoms with Gasteiger partial charge in [-0.1, -0.05) is 12.1 Å². The average Bonchev–Trinajstić information content (AvgIpc) is 2.37. The third kappa shape index (κ3) is 4.42. The number of aromatic hydroxyl groups is 1. The van der Waals surface area contributed by atoms with Crippen molar-refractivity contribution in [3.8, 4) is 5.75 Å². The van der Waals surface area contributed by atoms with Crippen molar-refractivity contribution >= 4 is 17.5 Å². The highest BCUT2D eigenvalue weighted by Gasteiger charge is 2.14. The molecule has 0 aliphatic heterocycles. The third-order valence-electron chi connectivity index (χ3n) is 2.17. The maximum Gasteiger partial charge on any atom is 0.313 e. The molecule has 0 aliphatic rings. The van der Waals surface area contributed by atoms with Crippen LogP contribution in [0.5, 0.6) is 5.75 Å². The smallest absolute Gasteiger partial charge is 0.313 e. The molecule has 0 radical (unpaired) electrons. The number of hydrogen-bond donors (Lipinski definition) is 3. The first-order valence-electron chi connectivity index (χ1n) is 5.51. The molecule has 0 aliphatic carbocycles. The summed E-state index contributed by atoms with van der Waals surface area (Å²) in [6, 6.07) is 6.19. The van der Waals surface area contributed by atoms with E-state index in [0.29, 0.717) is 19.6 Å². The zero-order valence-electron chi connectivity index (χ0n) is 10.1. The molecule has 18 heavy (non-hydrogen) atoms. The Morgan fingerprint density at radius 1 is 1.28 bits per heavy atom. The van der Waals surface area contributed by atoms with Crippen molar-refractivity contribution in [1.29, 1.82) is 0 Å². The molecule has 0 aromatic heterocycles. The molecule has 98 valence electrons. The van der Waals surface area contributed by atoms with Crippen LogP contribution in [0.2, 0.25) is 0 Å². The molecule has 6 heteroatoms. The second-order valence-electron chi connectivity index (χ2n) is 3.57. The van der Waals surface area contributed by atoms with Crippen LogP contribution in [0.25, 0.3) is 0 Å². The van der Waals surface area contributed by atoms with Gasteiger partial charge in [0, 0.05) is 20.3 Å². The molecule has 0 atom stereocenters. The van der Waals surface area contributed by atoms with Crippen LogP contribution in [0, 0.1) is 0 Å². The number of methoxy groups -OCH3 is 1. The monoisotopic (exact) mass is 252 g/mol. The first-order chi connectivity index (χ1) is 8.65. The number of ether oxygens (including phenoxy) is 1. The number of nitrogens with one attached hydrogen (secondary N) is 2. The molecule has 0 bridgehead atoms. The lowest BCUT2D eigenvalue weighted by Gasteiger charge is -2.07. The minimum absolute atomic E-state index is 0.0852. The number of carbonyl (C=O) groups excluding carboxylic acids is 2. The Bertz CT molecular complexity index is 420. The van der Waals surface area contributed by atoms with E-state index in [9.17, 15) is 14.7 Å². The molecule has 1 rings (SSSR count). The molecule has 0 saturated heterocycles. The highest BCUT2D eigenvalue weighted by molar-refractivity contribution is 6.39. The molecule has 1 aromatic rings. The predicted molar refractivity (Wildman–Crippen MR) is 66.2 cm³/mol. The van der Waals surface area contributed by atoms with Crippen molar-refractivity contribution in [2.24, 2.45) is 0 Å². The second kappa shape index (κ2) is 7.29. The summed E-state index contributed by atoms with van der Waals surface area (Å²) in [5.41, 5.74) is 0.203. The van der Waals surface area contributed by atoms with E-state index in [1.165, 1.54) is 12.1 Å². The Kier molecular flexibility index (Phi) is 5.66. The maximum atomic E-state index is 11.5. The zero-order valence-corrected chi connectivity index (χ0v) is 10.1. The van der Waals surface area contributed by atoms with Crippen LogP contribution in [0.4, 0.5) is 5.69 Å². The average molecular weight is 252 g/mol. The van der Waals surface area contributed by atoms with Crippen molar-refractivity contribution in [2.45, 2.75) is 6.42 Å². The lowest BCUT2D eigenvalue weighted by Crippen LogP contribution is -2.36. The van der Waals surface area contributed by atoms with Crippen molar-refractivity contribution in [1.82, 2.24) is 5.32 Å². The van der Waals surface area contributed by atoms with Gasteiger partial charge in [-0.05, 0) is 18.6 Å². The number of rotatable bonds is 5. The van der Waals surface area contributed by atoms with Gasteiger partial charge in [-0.15, -0.1) is 0 Å². The highest BCUT2D eigenvalue weighted by atomic mass is 16.5. The van der Waals surface area contributed by atoms with E-state index in [-0.39, 0.29) is 11.4 Å². The van der Waals surface area contributed by atoms with E-state index in [0.717, 1.165) is 0 Å². The number of amides is 2. The summed E-state index contributed by atoms with van der Waals surface area (Å²) < 4.78 is 4.81. The summed E-state index contributed by atoms with van der Waals surface area (Å²) in [5, 5.41) is 14.2. The van der Waals surface area contributed by atoms with Crippen LogP contribution in [0.3, 0.4) is 0 Å². The fourth-order valence-electron chi connectivity index (χ4n) is 1.26. The van der Waals surface area contributed by atoms with E-state index in [4.69, 9.17) is 4.74 Å².